The van der Waals surface area contributed by atoms with Crippen molar-refractivity contribution in [2.75, 3.05) is 0 Å². The summed E-state index contributed by atoms with van der Waals surface area (Å²) in [4.78, 5) is 0. The molecule has 2 aromatic rings. The van der Waals surface area contributed by atoms with Gasteiger partial charge in [-0.2, -0.15) is 0 Å². The lowest BCUT2D eigenvalue weighted by Gasteiger charge is -2.27. The van der Waals surface area contributed by atoms with Crippen molar-refractivity contribution in [3.63, 3.8) is 0 Å². The van der Waals surface area contributed by atoms with Crippen molar-refractivity contribution in [2.45, 2.75) is 52.2 Å². The van der Waals surface area contributed by atoms with Crippen LogP contribution in [0.1, 0.15) is 37.0 Å². The molecule has 0 aliphatic rings. The number of aryl methyl sites for hydroxylation is 1. The van der Waals surface area contributed by atoms with Crippen molar-refractivity contribution in [1.29, 1.82) is 0 Å². The summed E-state index contributed by atoms with van der Waals surface area (Å²) in [6, 6.07) is 13.1. The van der Waals surface area contributed by atoms with E-state index >= 15 is 0 Å². The fourth-order valence-electron chi connectivity index (χ4n) is 2.96. The van der Waals surface area contributed by atoms with E-state index in [0.29, 0.717) is 17.4 Å². The molecule has 2 aromatic carbocycles. The van der Waals surface area contributed by atoms with Gasteiger partial charge in [-0.25, -0.2) is 4.39 Å². The van der Waals surface area contributed by atoms with E-state index in [1.54, 1.807) is 6.07 Å². The van der Waals surface area contributed by atoms with E-state index in [2.05, 4.69) is 50.4 Å². The average molecular weight is 363 g/mol. The summed E-state index contributed by atoms with van der Waals surface area (Å²) in [6.45, 7) is 7.25. The molecule has 136 valence electrons. The summed E-state index contributed by atoms with van der Waals surface area (Å²) in [5.74, 6) is 0.212. The fourth-order valence-corrected chi connectivity index (χ4v) is 3.20. The minimum atomic E-state index is -0.321. The summed E-state index contributed by atoms with van der Waals surface area (Å²) in [7, 11) is 0. The lowest BCUT2D eigenvalue weighted by Crippen LogP contribution is -2.46. The van der Waals surface area contributed by atoms with E-state index in [-0.39, 0.29) is 17.9 Å². The van der Waals surface area contributed by atoms with Gasteiger partial charge in [0.25, 0.3) is 0 Å². The maximum Gasteiger partial charge on any atom is 0.124 e. The maximum atomic E-state index is 13.2. The molecule has 0 spiro atoms. The normalized spacial score (nSPS) is 13.9. The van der Waals surface area contributed by atoms with Crippen LogP contribution in [-0.2, 0) is 13.0 Å². The number of rotatable bonds is 8. The highest BCUT2D eigenvalue weighted by molar-refractivity contribution is 6.31. The van der Waals surface area contributed by atoms with Gasteiger partial charge in [0.15, 0.2) is 0 Å². The zero-order chi connectivity index (χ0) is 18.4. The zero-order valence-corrected chi connectivity index (χ0v) is 16.0. The predicted molar refractivity (Wildman–Crippen MR) is 104 cm³/mol. The summed E-state index contributed by atoms with van der Waals surface area (Å²) in [6.07, 6.45) is 1.60. The Morgan fingerprint density at radius 3 is 2.40 bits per heavy atom. The SMILES string of the molecule is Cc1ccc(CNC(CC(C)C)C(N)Cc2ccc(F)cc2Cl)cc1. The van der Waals surface area contributed by atoms with Gasteiger partial charge in [0.05, 0.1) is 0 Å². The third-order valence-corrected chi connectivity index (χ3v) is 4.75. The summed E-state index contributed by atoms with van der Waals surface area (Å²) in [5, 5.41) is 4.04. The molecule has 2 nitrogen and oxygen atoms in total. The highest BCUT2D eigenvalue weighted by Gasteiger charge is 2.20. The molecule has 25 heavy (non-hydrogen) atoms. The Morgan fingerprint density at radius 2 is 1.80 bits per heavy atom. The summed E-state index contributed by atoms with van der Waals surface area (Å²) in [5.41, 5.74) is 9.87. The van der Waals surface area contributed by atoms with Crippen LogP contribution in [0.2, 0.25) is 5.02 Å². The van der Waals surface area contributed by atoms with E-state index < -0.39 is 0 Å². The highest BCUT2D eigenvalue weighted by Crippen LogP contribution is 2.20. The third kappa shape index (κ3) is 6.43. The molecule has 0 bridgehead atoms. The van der Waals surface area contributed by atoms with Gasteiger partial charge in [-0.1, -0.05) is 61.3 Å². The monoisotopic (exact) mass is 362 g/mol. The van der Waals surface area contributed by atoms with Crippen molar-refractivity contribution in [3.8, 4) is 0 Å². The van der Waals surface area contributed by atoms with Crippen LogP contribution in [0.3, 0.4) is 0 Å². The van der Waals surface area contributed by atoms with Crippen molar-refractivity contribution >= 4 is 11.6 Å². The molecule has 0 heterocycles. The molecule has 0 saturated carbocycles. The number of hydrogen-bond donors (Lipinski definition) is 2. The Morgan fingerprint density at radius 1 is 1.12 bits per heavy atom. The molecule has 0 saturated heterocycles. The van der Waals surface area contributed by atoms with Gasteiger partial charge in [0.2, 0.25) is 0 Å². The van der Waals surface area contributed by atoms with Crippen molar-refractivity contribution in [3.05, 3.63) is 70.0 Å². The lowest BCUT2D eigenvalue weighted by molar-refractivity contribution is 0.359. The number of hydrogen-bond acceptors (Lipinski definition) is 2. The second kappa shape index (κ2) is 9.33. The molecule has 0 amide bonds. The molecule has 0 aromatic heterocycles. The predicted octanol–water partition coefficient (Wildman–Crippen LogP) is 4.86. The number of benzene rings is 2. The average Bonchev–Trinajstić information content (AvgIpc) is 2.55. The molecule has 2 rings (SSSR count). The van der Waals surface area contributed by atoms with Crippen LogP contribution in [0, 0.1) is 18.7 Å². The molecule has 0 radical (unpaired) electrons. The molecule has 2 unspecified atom stereocenters. The Hall–Kier alpha value is -1.42. The Labute approximate surface area is 155 Å². The first-order valence-corrected chi connectivity index (χ1v) is 9.21. The molecular formula is C21H28ClFN2. The zero-order valence-electron chi connectivity index (χ0n) is 15.2. The first-order chi connectivity index (χ1) is 11.8. The quantitative estimate of drug-likeness (QED) is 0.703. The van der Waals surface area contributed by atoms with Crippen LogP contribution >= 0.6 is 11.6 Å². The second-order valence-electron chi connectivity index (χ2n) is 7.21. The van der Waals surface area contributed by atoms with Crippen LogP contribution in [-0.4, -0.2) is 12.1 Å². The Balaban J connectivity index is 2.03. The summed E-state index contributed by atoms with van der Waals surface area (Å²) < 4.78 is 13.2. The molecule has 0 aliphatic heterocycles. The van der Waals surface area contributed by atoms with Crippen molar-refractivity contribution < 1.29 is 4.39 Å². The highest BCUT2D eigenvalue weighted by atomic mass is 35.5. The van der Waals surface area contributed by atoms with Gasteiger partial charge in [-0.05, 0) is 48.9 Å². The van der Waals surface area contributed by atoms with Gasteiger partial charge in [-0.3, -0.25) is 0 Å². The molecule has 0 aliphatic carbocycles. The molecule has 4 heteroatoms. The molecule has 0 fully saturated rings. The molecule has 2 atom stereocenters. The van der Waals surface area contributed by atoms with E-state index in [4.69, 9.17) is 17.3 Å². The van der Waals surface area contributed by atoms with E-state index in [0.717, 1.165) is 18.5 Å². The molecule has 3 N–H and O–H groups in total. The van der Waals surface area contributed by atoms with Crippen molar-refractivity contribution in [1.82, 2.24) is 5.32 Å². The van der Waals surface area contributed by atoms with Gasteiger partial charge < -0.3 is 11.1 Å². The van der Waals surface area contributed by atoms with Crippen LogP contribution in [0.5, 0.6) is 0 Å². The van der Waals surface area contributed by atoms with Crippen LogP contribution in [0.15, 0.2) is 42.5 Å². The van der Waals surface area contributed by atoms with Gasteiger partial charge in [0, 0.05) is 23.7 Å². The van der Waals surface area contributed by atoms with E-state index in [1.807, 2.05) is 0 Å². The van der Waals surface area contributed by atoms with E-state index in [9.17, 15) is 4.39 Å². The number of nitrogens with two attached hydrogens (primary N) is 1. The smallest absolute Gasteiger partial charge is 0.124 e. The maximum absolute atomic E-state index is 13.2. The topological polar surface area (TPSA) is 38.0 Å². The number of halogens is 2. The molecular weight excluding hydrogens is 335 g/mol. The summed E-state index contributed by atoms with van der Waals surface area (Å²) >= 11 is 6.16. The number of nitrogens with one attached hydrogen (secondary N) is 1. The first kappa shape index (κ1) is 19.9. The van der Waals surface area contributed by atoms with E-state index in [1.165, 1.54) is 23.3 Å². The largest absolute Gasteiger partial charge is 0.326 e. The van der Waals surface area contributed by atoms with Gasteiger partial charge in [0.1, 0.15) is 5.82 Å². The van der Waals surface area contributed by atoms with Gasteiger partial charge in [-0.15, -0.1) is 0 Å². The van der Waals surface area contributed by atoms with Crippen LogP contribution in [0.4, 0.5) is 4.39 Å². The van der Waals surface area contributed by atoms with Gasteiger partial charge >= 0.3 is 0 Å². The standard InChI is InChI=1S/C21H28ClFN2/c1-14(2)10-21(25-13-16-6-4-15(3)5-7-16)20(24)11-17-8-9-18(23)12-19(17)22/h4-9,12,14,20-21,25H,10-11,13,24H2,1-3H3. The lowest BCUT2D eigenvalue weighted by atomic mass is 9.93. The Kier molecular flexibility index (Phi) is 7.42. The fraction of sp³-hybridized carbons (Fsp3) is 0.429. The first-order valence-electron chi connectivity index (χ1n) is 8.83. The minimum absolute atomic E-state index is 0.0872. The van der Waals surface area contributed by atoms with Crippen LogP contribution < -0.4 is 11.1 Å². The second-order valence-corrected chi connectivity index (χ2v) is 7.61. The van der Waals surface area contributed by atoms with Crippen molar-refractivity contribution in [2.24, 2.45) is 11.7 Å². The Bertz CT molecular complexity index is 670. The third-order valence-electron chi connectivity index (χ3n) is 4.40. The minimum Gasteiger partial charge on any atom is -0.326 e. The van der Waals surface area contributed by atoms with Crippen LogP contribution in [0.25, 0.3) is 0 Å².